The number of nitrogen functional groups attached to an aromatic ring is 1. The lowest BCUT2D eigenvalue weighted by molar-refractivity contribution is 0.299. The van der Waals surface area contributed by atoms with Crippen LogP contribution in [0.2, 0.25) is 10.0 Å². The number of halogens is 3. The van der Waals surface area contributed by atoms with Crippen molar-refractivity contribution in [1.82, 2.24) is 0 Å². The second kappa shape index (κ2) is 6.11. The molecule has 0 aliphatic rings. The Morgan fingerprint density at radius 2 is 1.80 bits per heavy atom. The van der Waals surface area contributed by atoms with Crippen LogP contribution >= 0.6 is 23.2 Å². The van der Waals surface area contributed by atoms with Gasteiger partial charge in [0.25, 0.3) is 0 Å². The molecule has 0 saturated carbocycles. The summed E-state index contributed by atoms with van der Waals surface area (Å²) in [6.07, 6.45) is 0. The highest BCUT2D eigenvalue weighted by Crippen LogP contribution is 2.25. The first-order valence-electron chi connectivity index (χ1n) is 5.68. The van der Waals surface area contributed by atoms with Gasteiger partial charge < -0.3 is 10.5 Å². The van der Waals surface area contributed by atoms with Crippen LogP contribution in [0.3, 0.4) is 0 Å². The smallest absolute Gasteiger partial charge is 0.132 e. The van der Waals surface area contributed by atoms with E-state index in [4.69, 9.17) is 39.1 Å². The maximum Gasteiger partial charge on any atom is 0.132 e. The molecule has 0 aliphatic heterocycles. The van der Waals surface area contributed by atoms with Gasteiger partial charge >= 0.3 is 0 Å². The molecular weight excluding hydrogens is 302 g/mol. The molecule has 20 heavy (non-hydrogen) atoms. The van der Waals surface area contributed by atoms with Crippen molar-refractivity contribution in [3.05, 3.63) is 63.4 Å². The summed E-state index contributed by atoms with van der Waals surface area (Å²) in [5.74, 6) is -0.267. The zero-order valence-corrected chi connectivity index (χ0v) is 11.8. The number of ether oxygens (including phenoxy) is 1. The topological polar surface area (TPSA) is 59.1 Å². The van der Waals surface area contributed by atoms with E-state index in [-0.39, 0.29) is 12.4 Å². The van der Waals surface area contributed by atoms with Gasteiger partial charge in [-0.3, -0.25) is 5.41 Å². The van der Waals surface area contributed by atoms with Gasteiger partial charge in [0, 0.05) is 15.6 Å². The zero-order valence-electron chi connectivity index (χ0n) is 10.3. The minimum Gasteiger partial charge on any atom is -0.488 e. The van der Waals surface area contributed by atoms with Crippen LogP contribution in [0.15, 0.2) is 36.4 Å². The average molecular weight is 313 g/mol. The summed E-state index contributed by atoms with van der Waals surface area (Å²) in [5, 5.41) is 8.23. The summed E-state index contributed by atoms with van der Waals surface area (Å²) in [4.78, 5) is 0. The minimum atomic E-state index is -0.455. The largest absolute Gasteiger partial charge is 0.488 e. The molecule has 3 nitrogen and oxygen atoms in total. The van der Waals surface area contributed by atoms with E-state index in [1.807, 2.05) is 0 Å². The molecular formula is C14H11Cl2FN2O. The minimum absolute atomic E-state index is 0.0103. The monoisotopic (exact) mass is 312 g/mol. The predicted molar refractivity (Wildman–Crippen MR) is 78.2 cm³/mol. The van der Waals surface area contributed by atoms with Crippen LogP contribution in [0.25, 0.3) is 0 Å². The van der Waals surface area contributed by atoms with Gasteiger partial charge in [0.05, 0.1) is 5.56 Å². The second-order valence-electron chi connectivity index (χ2n) is 4.08. The standard InChI is InChI=1S/C14H11Cl2FN2O/c15-9-2-1-8(12(17)5-9)7-20-13-6-10(16)3-4-11(13)14(18)19/h1-6H,7H2,(H3,18,19). The van der Waals surface area contributed by atoms with Gasteiger partial charge in [0.15, 0.2) is 0 Å². The summed E-state index contributed by atoms with van der Waals surface area (Å²) in [6.45, 7) is -0.0103. The Morgan fingerprint density at radius 3 is 2.45 bits per heavy atom. The molecule has 2 aromatic carbocycles. The van der Waals surface area contributed by atoms with E-state index in [0.717, 1.165) is 0 Å². The maximum atomic E-state index is 13.6. The SMILES string of the molecule is N=C(N)c1ccc(Cl)cc1OCc1ccc(Cl)cc1F. The number of hydrogen-bond donors (Lipinski definition) is 2. The molecule has 2 rings (SSSR count). The van der Waals surface area contributed by atoms with Crippen LogP contribution in [-0.4, -0.2) is 5.84 Å². The van der Waals surface area contributed by atoms with E-state index in [1.54, 1.807) is 18.2 Å². The van der Waals surface area contributed by atoms with E-state index in [2.05, 4.69) is 0 Å². The fourth-order valence-electron chi connectivity index (χ4n) is 1.63. The first kappa shape index (κ1) is 14.6. The van der Waals surface area contributed by atoms with E-state index in [9.17, 15) is 4.39 Å². The second-order valence-corrected chi connectivity index (χ2v) is 4.95. The van der Waals surface area contributed by atoms with Gasteiger partial charge in [0.2, 0.25) is 0 Å². The van der Waals surface area contributed by atoms with Crippen LogP contribution in [0.4, 0.5) is 4.39 Å². The van der Waals surface area contributed by atoms with Crippen molar-refractivity contribution in [3.63, 3.8) is 0 Å². The number of nitrogens with one attached hydrogen (secondary N) is 1. The molecule has 0 atom stereocenters. The summed E-state index contributed by atoms with van der Waals surface area (Å²) < 4.78 is 19.1. The van der Waals surface area contributed by atoms with Crippen LogP contribution in [0, 0.1) is 11.2 Å². The molecule has 0 unspecified atom stereocenters. The molecule has 0 spiro atoms. The number of amidine groups is 1. The third-order valence-electron chi connectivity index (χ3n) is 2.63. The molecule has 0 heterocycles. The first-order valence-corrected chi connectivity index (χ1v) is 6.43. The molecule has 6 heteroatoms. The highest BCUT2D eigenvalue weighted by molar-refractivity contribution is 6.31. The first-order chi connectivity index (χ1) is 9.47. The average Bonchev–Trinajstić information content (AvgIpc) is 2.37. The highest BCUT2D eigenvalue weighted by Gasteiger charge is 2.09. The van der Waals surface area contributed by atoms with Gasteiger partial charge in [-0.1, -0.05) is 29.3 Å². The number of rotatable bonds is 4. The van der Waals surface area contributed by atoms with Crippen LogP contribution in [0.5, 0.6) is 5.75 Å². The maximum absolute atomic E-state index is 13.6. The van der Waals surface area contributed by atoms with E-state index < -0.39 is 5.82 Å². The summed E-state index contributed by atoms with van der Waals surface area (Å²) in [5.41, 5.74) is 6.21. The van der Waals surface area contributed by atoms with Crippen molar-refractivity contribution in [3.8, 4) is 5.75 Å². The van der Waals surface area contributed by atoms with E-state index in [0.29, 0.717) is 26.9 Å². The van der Waals surface area contributed by atoms with Crippen LogP contribution in [0.1, 0.15) is 11.1 Å². The van der Waals surface area contributed by atoms with Crippen molar-refractivity contribution >= 4 is 29.0 Å². The predicted octanol–water partition coefficient (Wildman–Crippen LogP) is 4.00. The number of nitrogens with two attached hydrogens (primary N) is 1. The van der Waals surface area contributed by atoms with Gasteiger partial charge in [-0.15, -0.1) is 0 Å². The third kappa shape index (κ3) is 3.40. The fourth-order valence-corrected chi connectivity index (χ4v) is 1.95. The lowest BCUT2D eigenvalue weighted by Gasteiger charge is -2.11. The van der Waals surface area contributed by atoms with Crippen molar-refractivity contribution in [2.45, 2.75) is 6.61 Å². The molecule has 104 valence electrons. The quantitative estimate of drug-likeness (QED) is 0.662. The Labute approximate surface area is 125 Å². The van der Waals surface area contributed by atoms with E-state index >= 15 is 0 Å². The molecule has 0 saturated heterocycles. The lowest BCUT2D eigenvalue weighted by Crippen LogP contribution is -2.13. The fraction of sp³-hybridized carbons (Fsp3) is 0.0714. The molecule has 3 N–H and O–H groups in total. The Hall–Kier alpha value is -1.78. The van der Waals surface area contributed by atoms with Gasteiger partial charge in [-0.25, -0.2) is 4.39 Å². The lowest BCUT2D eigenvalue weighted by atomic mass is 10.2. The van der Waals surface area contributed by atoms with Crippen molar-refractivity contribution in [2.24, 2.45) is 5.73 Å². The third-order valence-corrected chi connectivity index (χ3v) is 3.10. The summed E-state index contributed by atoms with van der Waals surface area (Å²) >= 11 is 11.6. The molecule has 2 aromatic rings. The Morgan fingerprint density at radius 1 is 1.15 bits per heavy atom. The molecule has 0 bridgehead atoms. The van der Waals surface area contributed by atoms with Gasteiger partial charge in [-0.2, -0.15) is 0 Å². The summed E-state index contributed by atoms with van der Waals surface area (Å²) in [6, 6.07) is 9.05. The summed E-state index contributed by atoms with van der Waals surface area (Å²) in [7, 11) is 0. The van der Waals surface area contributed by atoms with Crippen molar-refractivity contribution < 1.29 is 9.13 Å². The van der Waals surface area contributed by atoms with Gasteiger partial charge in [0.1, 0.15) is 24.0 Å². The molecule has 0 aromatic heterocycles. The van der Waals surface area contributed by atoms with E-state index in [1.165, 1.54) is 18.2 Å². The number of hydrogen-bond acceptors (Lipinski definition) is 2. The van der Waals surface area contributed by atoms with Crippen LogP contribution < -0.4 is 10.5 Å². The Bertz CT molecular complexity index is 662. The zero-order chi connectivity index (χ0) is 14.7. The Balaban J connectivity index is 2.22. The van der Waals surface area contributed by atoms with Crippen molar-refractivity contribution in [2.75, 3.05) is 0 Å². The number of benzene rings is 2. The van der Waals surface area contributed by atoms with Crippen LogP contribution in [-0.2, 0) is 6.61 Å². The Kier molecular flexibility index (Phi) is 4.47. The normalized spacial score (nSPS) is 10.3. The molecule has 0 radical (unpaired) electrons. The highest BCUT2D eigenvalue weighted by atomic mass is 35.5. The van der Waals surface area contributed by atoms with Gasteiger partial charge in [-0.05, 0) is 30.3 Å². The van der Waals surface area contributed by atoms with Crippen molar-refractivity contribution in [1.29, 1.82) is 5.41 Å². The molecule has 0 aliphatic carbocycles. The molecule has 0 amide bonds. The molecule has 0 fully saturated rings.